The number of methoxy groups -OCH3 is 1. The zero-order chi connectivity index (χ0) is 14.8. The van der Waals surface area contributed by atoms with E-state index in [1.54, 1.807) is 24.3 Å². The Hall–Kier alpha value is -2.51. The number of alkyl halides is 3. The Balaban J connectivity index is 2.29. The van der Waals surface area contributed by atoms with Crippen molar-refractivity contribution in [2.45, 2.75) is 6.18 Å². The third-order valence-electron chi connectivity index (χ3n) is 2.48. The molecule has 0 aliphatic heterocycles. The van der Waals surface area contributed by atoms with E-state index in [9.17, 15) is 13.2 Å². The van der Waals surface area contributed by atoms with Crippen molar-refractivity contribution in [3.05, 3.63) is 36.0 Å². The Labute approximate surface area is 112 Å². The van der Waals surface area contributed by atoms with Gasteiger partial charge in [0.1, 0.15) is 17.1 Å². The molecule has 0 aliphatic carbocycles. The number of rotatable bonds is 3. The molecule has 5 nitrogen and oxygen atoms in total. The van der Waals surface area contributed by atoms with Crippen LogP contribution in [-0.4, -0.2) is 17.1 Å². The fourth-order valence-corrected chi connectivity index (χ4v) is 1.54. The maximum Gasteiger partial charge on any atom is 0.421 e. The minimum Gasteiger partial charge on any atom is -0.495 e. The van der Waals surface area contributed by atoms with Gasteiger partial charge in [-0.25, -0.2) is 4.98 Å². The highest BCUT2D eigenvalue weighted by Crippen LogP contribution is 2.33. The number of para-hydroxylation sites is 2. The fourth-order valence-electron chi connectivity index (χ4n) is 1.54. The van der Waals surface area contributed by atoms with E-state index < -0.39 is 17.6 Å². The summed E-state index contributed by atoms with van der Waals surface area (Å²) in [6, 6.07) is 6.86. The monoisotopic (exact) mass is 284 g/mol. The second-order valence-corrected chi connectivity index (χ2v) is 3.82. The van der Waals surface area contributed by atoms with Crippen molar-refractivity contribution in [3.8, 4) is 5.75 Å². The number of aromatic nitrogens is 2. The minimum atomic E-state index is -4.58. The molecule has 106 valence electrons. The average molecular weight is 284 g/mol. The second-order valence-electron chi connectivity index (χ2n) is 3.82. The van der Waals surface area contributed by atoms with Gasteiger partial charge in [0.25, 0.3) is 0 Å². The van der Waals surface area contributed by atoms with Gasteiger partial charge in [-0.1, -0.05) is 12.1 Å². The van der Waals surface area contributed by atoms with E-state index in [1.807, 2.05) is 0 Å². The topological polar surface area (TPSA) is 73.1 Å². The summed E-state index contributed by atoms with van der Waals surface area (Å²) in [5, 5.41) is 2.75. The predicted octanol–water partition coefficient (Wildman–Crippen LogP) is 2.83. The largest absolute Gasteiger partial charge is 0.495 e. The standard InChI is InChI=1S/C12H11F3N4O/c1-20-9-5-3-2-4-8(9)18-11-17-6-7(10(16)19-11)12(13,14)15/h2-6H,1H3,(H3,16,17,18,19). The molecule has 1 heterocycles. The van der Waals surface area contributed by atoms with E-state index in [4.69, 9.17) is 10.5 Å². The number of nitrogens with zero attached hydrogens (tertiary/aromatic N) is 2. The molecule has 1 aromatic carbocycles. The maximum atomic E-state index is 12.5. The minimum absolute atomic E-state index is 0.0417. The van der Waals surface area contributed by atoms with E-state index in [0.717, 1.165) is 0 Å². The molecule has 0 saturated heterocycles. The van der Waals surface area contributed by atoms with Gasteiger partial charge in [0, 0.05) is 6.20 Å². The van der Waals surface area contributed by atoms with Crippen LogP contribution in [0.2, 0.25) is 0 Å². The van der Waals surface area contributed by atoms with Gasteiger partial charge in [-0.15, -0.1) is 0 Å². The fraction of sp³-hybridized carbons (Fsp3) is 0.167. The maximum absolute atomic E-state index is 12.5. The van der Waals surface area contributed by atoms with Gasteiger partial charge in [-0.3, -0.25) is 0 Å². The van der Waals surface area contributed by atoms with Crippen molar-refractivity contribution in [3.63, 3.8) is 0 Å². The molecule has 0 atom stereocenters. The van der Waals surface area contributed by atoms with Crippen LogP contribution < -0.4 is 15.8 Å². The Morgan fingerprint density at radius 3 is 2.55 bits per heavy atom. The van der Waals surface area contributed by atoms with E-state index in [1.165, 1.54) is 7.11 Å². The number of hydrogen-bond donors (Lipinski definition) is 2. The van der Waals surface area contributed by atoms with Crippen molar-refractivity contribution in [1.29, 1.82) is 0 Å². The van der Waals surface area contributed by atoms with Crippen LogP contribution in [0.1, 0.15) is 5.56 Å². The molecule has 0 amide bonds. The molecule has 0 bridgehead atoms. The van der Waals surface area contributed by atoms with Crippen LogP contribution in [-0.2, 0) is 6.18 Å². The second kappa shape index (κ2) is 5.24. The SMILES string of the molecule is COc1ccccc1Nc1ncc(C(F)(F)F)c(N)n1. The van der Waals surface area contributed by atoms with Crippen LogP contribution in [0.3, 0.4) is 0 Å². The van der Waals surface area contributed by atoms with Gasteiger partial charge in [0.2, 0.25) is 5.95 Å². The van der Waals surface area contributed by atoms with Crippen LogP contribution in [0, 0.1) is 0 Å². The molecule has 1 aromatic heterocycles. The Bertz CT molecular complexity index is 616. The molecule has 2 aromatic rings. The molecule has 0 saturated carbocycles. The highest BCUT2D eigenvalue weighted by Gasteiger charge is 2.34. The zero-order valence-corrected chi connectivity index (χ0v) is 10.4. The molecule has 8 heteroatoms. The van der Waals surface area contributed by atoms with Crippen LogP contribution >= 0.6 is 0 Å². The number of halogens is 3. The predicted molar refractivity (Wildman–Crippen MR) is 67.7 cm³/mol. The Morgan fingerprint density at radius 2 is 1.95 bits per heavy atom. The van der Waals surface area contributed by atoms with E-state index in [0.29, 0.717) is 17.6 Å². The van der Waals surface area contributed by atoms with Gasteiger partial charge in [0.15, 0.2) is 0 Å². The number of hydrogen-bond acceptors (Lipinski definition) is 5. The third-order valence-corrected chi connectivity index (χ3v) is 2.48. The molecule has 0 radical (unpaired) electrons. The summed E-state index contributed by atoms with van der Waals surface area (Å²) >= 11 is 0. The first kappa shape index (κ1) is 13.9. The highest BCUT2D eigenvalue weighted by molar-refractivity contribution is 5.63. The highest BCUT2D eigenvalue weighted by atomic mass is 19.4. The molecule has 0 aliphatic rings. The zero-order valence-electron chi connectivity index (χ0n) is 10.4. The molecule has 0 unspecified atom stereocenters. The first-order chi connectivity index (χ1) is 9.41. The Morgan fingerprint density at radius 1 is 1.25 bits per heavy atom. The molecule has 0 fully saturated rings. The summed E-state index contributed by atoms with van der Waals surface area (Å²) in [6.45, 7) is 0. The molecule has 2 rings (SSSR count). The summed E-state index contributed by atoms with van der Waals surface area (Å²) in [4.78, 5) is 7.19. The third kappa shape index (κ3) is 2.90. The van der Waals surface area contributed by atoms with Crippen molar-refractivity contribution in [2.75, 3.05) is 18.2 Å². The normalized spacial score (nSPS) is 11.2. The van der Waals surface area contributed by atoms with E-state index >= 15 is 0 Å². The van der Waals surface area contributed by atoms with Gasteiger partial charge in [-0.2, -0.15) is 18.2 Å². The number of ether oxygens (including phenoxy) is 1. The van der Waals surface area contributed by atoms with Crippen molar-refractivity contribution in [2.24, 2.45) is 0 Å². The quantitative estimate of drug-likeness (QED) is 0.906. The summed E-state index contributed by atoms with van der Waals surface area (Å²) < 4.78 is 42.7. The lowest BCUT2D eigenvalue weighted by molar-refractivity contribution is -0.137. The Kier molecular flexibility index (Phi) is 3.64. The molecule has 3 N–H and O–H groups in total. The van der Waals surface area contributed by atoms with Crippen molar-refractivity contribution < 1.29 is 17.9 Å². The lowest BCUT2D eigenvalue weighted by Gasteiger charge is -2.12. The summed E-state index contributed by atoms with van der Waals surface area (Å²) in [6.07, 6.45) is -3.94. The lowest BCUT2D eigenvalue weighted by Crippen LogP contribution is -2.12. The van der Waals surface area contributed by atoms with Crippen molar-refractivity contribution >= 4 is 17.5 Å². The van der Waals surface area contributed by atoms with Crippen LogP contribution in [0.5, 0.6) is 5.75 Å². The van der Waals surface area contributed by atoms with Gasteiger partial charge >= 0.3 is 6.18 Å². The number of benzene rings is 1. The summed E-state index contributed by atoms with van der Waals surface area (Å²) in [5.74, 6) is -0.167. The summed E-state index contributed by atoms with van der Waals surface area (Å²) in [7, 11) is 1.47. The average Bonchev–Trinajstić information content (AvgIpc) is 2.38. The number of nitrogens with one attached hydrogen (secondary N) is 1. The van der Waals surface area contributed by atoms with Gasteiger partial charge < -0.3 is 15.8 Å². The molecular weight excluding hydrogens is 273 g/mol. The van der Waals surface area contributed by atoms with Crippen LogP contribution in [0.25, 0.3) is 0 Å². The lowest BCUT2D eigenvalue weighted by atomic mass is 10.3. The molecular formula is C12H11F3N4O. The number of nitrogen functional groups attached to an aromatic ring is 1. The van der Waals surface area contributed by atoms with Gasteiger partial charge in [-0.05, 0) is 12.1 Å². The number of nitrogens with two attached hydrogens (primary N) is 1. The van der Waals surface area contributed by atoms with Gasteiger partial charge in [0.05, 0.1) is 12.8 Å². The molecule has 20 heavy (non-hydrogen) atoms. The summed E-state index contributed by atoms with van der Waals surface area (Å²) in [5.41, 5.74) is 4.75. The van der Waals surface area contributed by atoms with Crippen LogP contribution in [0.4, 0.5) is 30.6 Å². The smallest absolute Gasteiger partial charge is 0.421 e. The van der Waals surface area contributed by atoms with Crippen molar-refractivity contribution in [1.82, 2.24) is 9.97 Å². The first-order valence-electron chi connectivity index (χ1n) is 5.51. The van der Waals surface area contributed by atoms with E-state index in [-0.39, 0.29) is 5.95 Å². The molecule has 0 spiro atoms. The van der Waals surface area contributed by atoms with Crippen LogP contribution in [0.15, 0.2) is 30.5 Å². The first-order valence-corrected chi connectivity index (χ1v) is 5.51. The number of anilines is 3. The van der Waals surface area contributed by atoms with E-state index in [2.05, 4.69) is 15.3 Å².